The number of aliphatic hydroxyl groups is 1. The highest BCUT2D eigenvalue weighted by Gasteiger charge is 2.24. The molecule has 2 aromatic carbocycles. The Bertz CT molecular complexity index is 588. The van der Waals surface area contributed by atoms with Gasteiger partial charge in [0.2, 0.25) is 0 Å². The summed E-state index contributed by atoms with van der Waals surface area (Å²) in [5.41, 5.74) is 0.116. The lowest BCUT2D eigenvalue weighted by Crippen LogP contribution is -2.24. The molecule has 1 atom stereocenters. The van der Waals surface area contributed by atoms with Crippen molar-refractivity contribution in [2.45, 2.75) is 38.9 Å². The minimum absolute atomic E-state index is 0.106. The molecule has 0 radical (unpaired) electrons. The van der Waals surface area contributed by atoms with E-state index in [9.17, 15) is 9.50 Å². The van der Waals surface area contributed by atoms with Crippen LogP contribution in [0.15, 0.2) is 48.5 Å². The van der Waals surface area contributed by atoms with Gasteiger partial charge < -0.3 is 9.84 Å². The van der Waals surface area contributed by atoms with Gasteiger partial charge in [-0.05, 0) is 50.1 Å². The Morgan fingerprint density at radius 2 is 1.71 bits per heavy atom. The summed E-state index contributed by atoms with van der Waals surface area (Å²) < 4.78 is 19.3. The molecular formula is C18H21FO2. The van der Waals surface area contributed by atoms with Gasteiger partial charge in [0.1, 0.15) is 11.6 Å². The topological polar surface area (TPSA) is 29.5 Å². The van der Waals surface area contributed by atoms with Gasteiger partial charge in [-0.2, -0.15) is 0 Å². The van der Waals surface area contributed by atoms with Gasteiger partial charge in [-0.3, -0.25) is 0 Å². The van der Waals surface area contributed by atoms with E-state index in [0.29, 0.717) is 5.56 Å². The lowest BCUT2D eigenvalue weighted by atomic mass is 9.89. The molecule has 0 bridgehead atoms. The van der Waals surface area contributed by atoms with Gasteiger partial charge in [-0.25, -0.2) is 4.39 Å². The first-order valence-corrected chi connectivity index (χ1v) is 7.11. The highest BCUT2D eigenvalue weighted by molar-refractivity contribution is 5.32. The second-order valence-corrected chi connectivity index (χ2v) is 5.73. The third-order valence-electron chi connectivity index (χ3n) is 3.34. The first-order valence-electron chi connectivity index (χ1n) is 7.11. The second kappa shape index (κ2) is 6.27. The van der Waals surface area contributed by atoms with Crippen molar-refractivity contribution in [2.24, 2.45) is 0 Å². The summed E-state index contributed by atoms with van der Waals surface area (Å²) in [5.74, 6) is 0.466. The van der Waals surface area contributed by atoms with Crippen LogP contribution < -0.4 is 4.74 Å². The molecule has 0 saturated carbocycles. The zero-order valence-electron chi connectivity index (χ0n) is 12.6. The monoisotopic (exact) mass is 288 g/mol. The van der Waals surface area contributed by atoms with Crippen molar-refractivity contribution in [1.29, 1.82) is 0 Å². The molecule has 0 amide bonds. The highest BCUT2D eigenvalue weighted by atomic mass is 19.1. The molecule has 0 aromatic heterocycles. The number of ether oxygens (including phenoxy) is 1. The van der Waals surface area contributed by atoms with E-state index in [2.05, 4.69) is 0 Å². The smallest absolute Gasteiger partial charge is 0.126 e. The maximum atomic E-state index is 13.7. The molecule has 0 aliphatic carbocycles. The maximum absolute atomic E-state index is 13.7. The maximum Gasteiger partial charge on any atom is 0.126 e. The number of halogens is 1. The second-order valence-electron chi connectivity index (χ2n) is 5.73. The molecule has 0 saturated heterocycles. The Hall–Kier alpha value is -1.87. The third-order valence-corrected chi connectivity index (χ3v) is 3.34. The number of benzene rings is 2. The molecule has 2 aromatic rings. The molecular weight excluding hydrogens is 267 g/mol. The molecule has 2 nitrogen and oxygen atoms in total. The van der Waals surface area contributed by atoms with Crippen molar-refractivity contribution < 1.29 is 14.2 Å². The fraction of sp³-hybridized carbons (Fsp3) is 0.333. The van der Waals surface area contributed by atoms with Crippen LogP contribution in [0.5, 0.6) is 5.75 Å². The van der Waals surface area contributed by atoms with Crippen LogP contribution in [0.3, 0.4) is 0 Å². The standard InChI is InChI=1S/C18H21FO2/c1-13(2)21-16-10-8-15(9-11-16)18(3,20)12-14-6-4-5-7-17(14)19/h4-11,13,20H,12H2,1-3H3. The van der Waals surface area contributed by atoms with Gasteiger partial charge in [0, 0.05) is 6.42 Å². The summed E-state index contributed by atoms with van der Waals surface area (Å²) >= 11 is 0. The van der Waals surface area contributed by atoms with Crippen molar-refractivity contribution in [1.82, 2.24) is 0 Å². The largest absolute Gasteiger partial charge is 0.491 e. The van der Waals surface area contributed by atoms with Crippen LogP contribution in [0, 0.1) is 5.82 Å². The van der Waals surface area contributed by atoms with Crippen molar-refractivity contribution in [3.63, 3.8) is 0 Å². The fourth-order valence-corrected chi connectivity index (χ4v) is 2.28. The van der Waals surface area contributed by atoms with Crippen LogP contribution in [-0.4, -0.2) is 11.2 Å². The summed E-state index contributed by atoms with van der Waals surface area (Å²) in [6.07, 6.45) is 0.333. The molecule has 21 heavy (non-hydrogen) atoms. The Morgan fingerprint density at radius 3 is 2.29 bits per heavy atom. The van der Waals surface area contributed by atoms with E-state index in [-0.39, 0.29) is 18.3 Å². The fourth-order valence-electron chi connectivity index (χ4n) is 2.28. The first-order chi connectivity index (χ1) is 9.88. The van der Waals surface area contributed by atoms with Gasteiger partial charge in [-0.1, -0.05) is 30.3 Å². The first kappa shape index (κ1) is 15.5. The molecule has 2 rings (SSSR count). The average molecular weight is 288 g/mol. The Balaban J connectivity index is 2.17. The summed E-state index contributed by atoms with van der Waals surface area (Å²) in [7, 11) is 0. The van der Waals surface area contributed by atoms with Crippen LogP contribution in [0.25, 0.3) is 0 Å². The van der Waals surface area contributed by atoms with E-state index < -0.39 is 5.60 Å². The molecule has 0 heterocycles. The molecule has 0 fully saturated rings. The third kappa shape index (κ3) is 4.05. The van der Waals surface area contributed by atoms with Crippen LogP contribution in [-0.2, 0) is 12.0 Å². The van der Waals surface area contributed by atoms with Gasteiger partial charge in [0.15, 0.2) is 0 Å². The molecule has 0 spiro atoms. The molecule has 0 aliphatic rings. The van der Waals surface area contributed by atoms with Gasteiger partial charge in [-0.15, -0.1) is 0 Å². The van der Waals surface area contributed by atoms with Crippen molar-refractivity contribution in [2.75, 3.05) is 0 Å². The van der Waals surface area contributed by atoms with Crippen LogP contribution in [0.2, 0.25) is 0 Å². The minimum atomic E-state index is -1.13. The Kier molecular flexibility index (Phi) is 4.63. The van der Waals surface area contributed by atoms with E-state index >= 15 is 0 Å². The summed E-state index contributed by atoms with van der Waals surface area (Å²) in [6.45, 7) is 5.61. The minimum Gasteiger partial charge on any atom is -0.491 e. The van der Waals surface area contributed by atoms with Gasteiger partial charge in [0.05, 0.1) is 11.7 Å². The molecule has 3 heteroatoms. The van der Waals surface area contributed by atoms with E-state index in [0.717, 1.165) is 11.3 Å². The summed E-state index contributed by atoms with van der Waals surface area (Å²) in [6, 6.07) is 13.8. The normalized spacial score (nSPS) is 14.0. The molecule has 0 aliphatic heterocycles. The van der Waals surface area contributed by atoms with E-state index in [4.69, 9.17) is 4.74 Å². The molecule has 112 valence electrons. The highest BCUT2D eigenvalue weighted by Crippen LogP contribution is 2.28. The lowest BCUT2D eigenvalue weighted by molar-refractivity contribution is 0.0566. The zero-order valence-corrected chi connectivity index (χ0v) is 12.6. The average Bonchev–Trinajstić information content (AvgIpc) is 2.41. The van der Waals surface area contributed by atoms with Gasteiger partial charge in [0.25, 0.3) is 0 Å². The van der Waals surface area contributed by atoms with E-state index in [1.165, 1.54) is 6.07 Å². The quantitative estimate of drug-likeness (QED) is 0.899. The summed E-state index contributed by atoms with van der Waals surface area (Å²) in [4.78, 5) is 0. The summed E-state index contributed by atoms with van der Waals surface area (Å²) in [5, 5.41) is 10.6. The Morgan fingerprint density at radius 1 is 1.10 bits per heavy atom. The van der Waals surface area contributed by atoms with Gasteiger partial charge >= 0.3 is 0 Å². The SMILES string of the molecule is CC(C)Oc1ccc(C(C)(O)Cc2ccccc2F)cc1. The molecule has 1 unspecified atom stereocenters. The van der Waals surface area contributed by atoms with Crippen molar-refractivity contribution in [3.8, 4) is 5.75 Å². The predicted molar refractivity (Wildman–Crippen MR) is 81.9 cm³/mol. The van der Waals surface area contributed by atoms with Crippen LogP contribution in [0.1, 0.15) is 31.9 Å². The van der Waals surface area contributed by atoms with Crippen molar-refractivity contribution in [3.05, 3.63) is 65.5 Å². The zero-order chi connectivity index (χ0) is 15.5. The predicted octanol–water partition coefficient (Wildman–Crippen LogP) is 4.06. The Labute approximate surface area is 125 Å². The van der Waals surface area contributed by atoms with Crippen LogP contribution >= 0.6 is 0 Å². The number of hydrogen-bond acceptors (Lipinski definition) is 2. The molecule has 1 N–H and O–H groups in total. The van der Waals surface area contributed by atoms with E-state index in [1.807, 2.05) is 38.1 Å². The lowest BCUT2D eigenvalue weighted by Gasteiger charge is -2.24. The number of rotatable bonds is 5. The van der Waals surface area contributed by atoms with Crippen molar-refractivity contribution >= 4 is 0 Å². The number of hydrogen-bond donors (Lipinski definition) is 1. The van der Waals surface area contributed by atoms with E-state index in [1.54, 1.807) is 25.1 Å². The van der Waals surface area contributed by atoms with Crippen LogP contribution in [0.4, 0.5) is 4.39 Å².